The van der Waals surface area contributed by atoms with E-state index in [1.807, 2.05) is 61.7 Å². The van der Waals surface area contributed by atoms with Crippen LogP contribution in [0.5, 0.6) is 5.75 Å². The summed E-state index contributed by atoms with van der Waals surface area (Å²) < 4.78 is 7.44. The number of carbonyl (C=O) groups excluding carboxylic acids is 1. The van der Waals surface area contributed by atoms with Gasteiger partial charge in [0, 0.05) is 32.5 Å². The van der Waals surface area contributed by atoms with Gasteiger partial charge in [0.2, 0.25) is 0 Å². The van der Waals surface area contributed by atoms with E-state index in [1.165, 1.54) is 0 Å². The van der Waals surface area contributed by atoms with Crippen LogP contribution in [-0.4, -0.2) is 40.8 Å². The van der Waals surface area contributed by atoms with Gasteiger partial charge in [-0.2, -0.15) is 5.10 Å². The fraction of sp³-hybridized carbons (Fsp3) is 0.238. The molecule has 2 aromatic carbocycles. The van der Waals surface area contributed by atoms with E-state index in [0.29, 0.717) is 31.0 Å². The minimum absolute atomic E-state index is 0.0878. The fourth-order valence-electron chi connectivity index (χ4n) is 2.88. The summed E-state index contributed by atoms with van der Waals surface area (Å²) in [5.41, 5.74) is 9.06. The summed E-state index contributed by atoms with van der Waals surface area (Å²) in [7, 11) is 1.79. The molecule has 0 aliphatic heterocycles. The van der Waals surface area contributed by atoms with Crippen molar-refractivity contribution in [2.75, 3.05) is 20.2 Å². The molecular formula is C21H24N4O2. The van der Waals surface area contributed by atoms with E-state index in [0.717, 1.165) is 16.8 Å². The third-order valence-corrected chi connectivity index (χ3v) is 4.19. The second kappa shape index (κ2) is 8.51. The van der Waals surface area contributed by atoms with Crippen molar-refractivity contribution in [1.29, 1.82) is 0 Å². The number of rotatable bonds is 7. The average Bonchev–Trinajstić information content (AvgIpc) is 3.21. The van der Waals surface area contributed by atoms with Crippen molar-refractivity contribution in [3.8, 4) is 11.4 Å². The summed E-state index contributed by atoms with van der Waals surface area (Å²) in [6.45, 7) is 3.21. The Labute approximate surface area is 159 Å². The molecule has 0 fully saturated rings. The van der Waals surface area contributed by atoms with Gasteiger partial charge in [0.05, 0.1) is 11.3 Å². The second-order valence-corrected chi connectivity index (χ2v) is 6.42. The Balaban J connectivity index is 1.78. The van der Waals surface area contributed by atoms with Gasteiger partial charge in [-0.15, -0.1) is 0 Å². The van der Waals surface area contributed by atoms with Crippen LogP contribution in [0.2, 0.25) is 0 Å². The summed E-state index contributed by atoms with van der Waals surface area (Å²) in [4.78, 5) is 14.7. The summed E-state index contributed by atoms with van der Waals surface area (Å²) in [5, 5.41) is 4.25. The first-order valence-electron chi connectivity index (χ1n) is 8.86. The molecular weight excluding hydrogens is 340 g/mol. The van der Waals surface area contributed by atoms with Gasteiger partial charge in [-0.1, -0.05) is 23.8 Å². The first-order valence-corrected chi connectivity index (χ1v) is 8.86. The molecule has 0 spiro atoms. The Kier molecular flexibility index (Phi) is 5.88. The van der Waals surface area contributed by atoms with E-state index in [1.54, 1.807) is 22.8 Å². The molecule has 0 atom stereocenters. The quantitative estimate of drug-likeness (QED) is 0.700. The van der Waals surface area contributed by atoms with Crippen LogP contribution in [0.1, 0.15) is 21.5 Å². The third kappa shape index (κ3) is 4.54. The molecule has 2 N–H and O–H groups in total. The molecule has 1 amide bonds. The Morgan fingerprint density at radius 3 is 2.81 bits per heavy atom. The lowest BCUT2D eigenvalue weighted by atomic mass is 10.1. The van der Waals surface area contributed by atoms with Crippen molar-refractivity contribution in [1.82, 2.24) is 14.7 Å². The molecule has 0 saturated carbocycles. The number of hydrogen-bond acceptors (Lipinski definition) is 4. The molecule has 6 heteroatoms. The number of carbonyl (C=O) groups is 1. The van der Waals surface area contributed by atoms with E-state index in [-0.39, 0.29) is 5.91 Å². The van der Waals surface area contributed by atoms with Crippen LogP contribution in [-0.2, 0) is 6.54 Å². The van der Waals surface area contributed by atoms with Crippen LogP contribution in [0, 0.1) is 6.92 Å². The van der Waals surface area contributed by atoms with Crippen LogP contribution < -0.4 is 10.5 Å². The highest BCUT2D eigenvalue weighted by molar-refractivity contribution is 5.97. The number of aromatic nitrogens is 2. The summed E-state index contributed by atoms with van der Waals surface area (Å²) in [6, 6.07) is 15.5. The van der Waals surface area contributed by atoms with Crippen molar-refractivity contribution in [3.05, 3.63) is 77.6 Å². The largest absolute Gasteiger partial charge is 0.491 e. The van der Waals surface area contributed by atoms with Gasteiger partial charge in [0.15, 0.2) is 0 Å². The summed E-state index contributed by atoms with van der Waals surface area (Å²) in [5.74, 6) is 0.475. The molecule has 0 bridgehead atoms. The molecule has 3 rings (SSSR count). The molecule has 0 saturated heterocycles. The first-order chi connectivity index (χ1) is 13.1. The smallest absolute Gasteiger partial charge is 0.257 e. The zero-order valence-corrected chi connectivity index (χ0v) is 15.6. The van der Waals surface area contributed by atoms with Crippen molar-refractivity contribution in [2.45, 2.75) is 13.5 Å². The lowest BCUT2D eigenvalue weighted by molar-refractivity contribution is 0.0780. The van der Waals surface area contributed by atoms with E-state index < -0.39 is 0 Å². The van der Waals surface area contributed by atoms with Gasteiger partial charge in [0.25, 0.3) is 5.91 Å². The zero-order chi connectivity index (χ0) is 19.2. The molecule has 140 valence electrons. The van der Waals surface area contributed by atoms with Gasteiger partial charge >= 0.3 is 0 Å². The number of ether oxygens (including phenoxy) is 1. The summed E-state index contributed by atoms with van der Waals surface area (Å²) in [6.07, 6.45) is 3.63. The Morgan fingerprint density at radius 1 is 1.22 bits per heavy atom. The lowest BCUT2D eigenvalue weighted by Gasteiger charge is -2.20. The van der Waals surface area contributed by atoms with Gasteiger partial charge in [-0.3, -0.25) is 4.79 Å². The number of amides is 1. The maximum Gasteiger partial charge on any atom is 0.257 e. The molecule has 0 aliphatic carbocycles. The maximum atomic E-state index is 13.0. The molecule has 0 radical (unpaired) electrons. The monoisotopic (exact) mass is 364 g/mol. The molecule has 0 unspecified atom stereocenters. The van der Waals surface area contributed by atoms with Gasteiger partial charge in [0.1, 0.15) is 12.4 Å². The number of nitrogens with two attached hydrogens (primary N) is 1. The van der Waals surface area contributed by atoms with E-state index in [9.17, 15) is 4.79 Å². The van der Waals surface area contributed by atoms with Crippen LogP contribution in [0.3, 0.4) is 0 Å². The van der Waals surface area contributed by atoms with Gasteiger partial charge in [-0.25, -0.2) is 4.68 Å². The number of aryl methyl sites for hydroxylation is 1. The van der Waals surface area contributed by atoms with Crippen LogP contribution in [0.25, 0.3) is 5.69 Å². The van der Waals surface area contributed by atoms with E-state index in [4.69, 9.17) is 10.5 Å². The fourth-order valence-corrected chi connectivity index (χ4v) is 2.88. The number of benzene rings is 2. The zero-order valence-electron chi connectivity index (χ0n) is 15.6. The standard InChI is InChI=1S/C21H24N4O2/c1-16-7-8-20(27-12-9-22)19(13-16)21(26)24(2)15-17-5-3-6-18(14-17)25-11-4-10-23-25/h3-8,10-11,13-14H,9,12,15,22H2,1-2H3. The van der Waals surface area contributed by atoms with Crippen molar-refractivity contribution in [2.24, 2.45) is 5.73 Å². The summed E-state index contributed by atoms with van der Waals surface area (Å²) >= 11 is 0. The molecule has 6 nitrogen and oxygen atoms in total. The highest BCUT2D eigenvalue weighted by atomic mass is 16.5. The topological polar surface area (TPSA) is 73.4 Å². The Hall–Kier alpha value is -3.12. The maximum absolute atomic E-state index is 13.0. The van der Waals surface area contributed by atoms with Crippen molar-refractivity contribution in [3.63, 3.8) is 0 Å². The van der Waals surface area contributed by atoms with Crippen LogP contribution in [0.15, 0.2) is 60.9 Å². The average molecular weight is 364 g/mol. The predicted molar refractivity (Wildman–Crippen MR) is 105 cm³/mol. The highest BCUT2D eigenvalue weighted by Gasteiger charge is 2.17. The van der Waals surface area contributed by atoms with Crippen molar-refractivity contribution < 1.29 is 9.53 Å². The third-order valence-electron chi connectivity index (χ3n) is 4.19. The molecule has 27 heavy (non-hydrogen) atoms. The molecule has 1 heterocycles. The highest BCUT2D eigenvalue weighted by Crippen LogP contribution is 2.22. The van der Waals surface area contributed by atoms with Gasteiger partial charge in [-0.05, 0) is 42.8 Å². The Morgan fingerprint density at radius 2 is 2.07 bits per heavy atom. The number of nitrogens with zero attached hydrogens (tertiary/aromatic N) is 3. The van der Waals surface area contributed by atoms with Crippen LogP contribution >= 0.6 is 0 Å². The van der Waals surface area contributed by atoms with Crippen LogP contribution in [0.4, 0.5) is 0 Å². The molecule has 0 aliphatic rings. The van der Waals surface area contributed by atoms with E-state index >= 15 is 0 Å². The minimum Gasteiger partial charge on any atom is -0.491 e. The molecule has 1 aromatic heterocycles. The predicted octanol–water partition coefficient (Wildman–Crippen LogP) is 2.79. The normalized spacial score (nSPS) is 10.6. The van der Waals surface area contributed by atoms with E-state index in [2.05, 4.69) is 5.10 Å². The first kappa shape index (κ1) is 18.7. The Bertz CT molecular complexity index is 906. The number of hydrogen-bond donors (Lipinski definition) is 1. The SMILES string of the molecule is Cc1ccc(OCCN)c(C(=O)N(C)Cc2cccc(-n3cccn3)c2)c1. The minimum atomic E-state index is -0.0878. The van der Waals surface area contributed by atoms with Crippen molar-refractivity contribution >= 4 is 5.91 Å². The lowest BCUT2D eigenvalue weighted by Crippen LogP contribution is -2.27. The second-order valence-electron chi connectivity index (χ2n) is 6.42. The van der Waals surface area contributed by atoms with Gasteiger partial charge < -0.3 is 15.4 Å². The molecule has 3 aromatic rings.